The lowest BCUT2D eigenvalue weighted by Crippen LogP contribution is -2.58. The molecule has 11 heteroatoms. The first-order valence-corrected chi connectivity index (χ1v) is 14.5. The molecule has 37 heavy (non-hydrogen) atoms. The van der Waals surface area contributed by atoms with Gasteiger partial charge in [-0.3, -0.25) is 19.2 Å². The lowest BCUT2D eigenvalue weighted by Gasteiger charge is -2.37. The largest absolute Gasteiger partial charge is 0.292 e. The van der Waals surface area contributed by atoms with Gasteiger partial charge < -0.3 is 0 Å². The molecule has 0 aromatic heterocycles. The van der Waals surface area contributed by atoms with Crippen LogP contribution >= 0.6 is 55.1 Å². The van der Waals surface area contributed by atoms with Gasteiger partial charge in [0, 0.05) is 21.1 Å². The van der Waals surface area contributed by atoms with E-state index in [-0.39, 0.29) is 49.9 Å². The van der Waals surface area contributed by atoms with Crippen LogP contribution in [0, 0.1) is 29.5 Å². The van der Waals surface area contributed by atoms with Gasteiger partial charge in [-0.15, -0.1) is 11.6 Å². The number of halogens is 5. The van der Waals surface area contributed by atoms with Gasteiger partial charge >= 0.3 is 0 Å². The maximum Gasteiger partial charge on any atom is 0.275 e. The van der Waals surface area contributed by atoms with Gasteiger partial charge in [-0.25, -0.2) is 9.40 Å². The van der Waals surface area contributed by atoms with Gasteiger partial charge in [0.2, 0.25) is 0 Å². The summed E-state index contributed by atoms with van der Waals surface area (Å²) in [5.41, 5.74) is 0.155. The quantitative estimate of drug-likeness (QED) is 0.221. The summed E-state index contributed by atoms with van der Waals surface area (Å²) in [7, 11) is 0. The molecule has 0 unspecified atom stereocenters. The number of amides is 3. The molecule has 5 rings (SSSR count). The van der Waals surface area contributed by atoms with Crippen molar-refractivity contribution in [3.8, 4) is 0 Å². The van der Waals surface area contributed by atoms with Gasteiger partial charge in [0.05, 0.1) is 22.4 Å². The van der Waals surface area contributed by atoms with Gasteiger partial charge in [-0.1, -0.05) is 55.6 Å². The molecule has 3 aliphatic rings. The van der Waals surface area contributed by atoms with E-state index in [1.54, 1.807) is 12.1 Å². The van der Waals surface area contributed by atoms with Crippen molar-refractivity contribution in [1.29, 1.82) is 0 Å². The number of fused-ring (bicyclic) bond motifs is 5. The van der Waals surface area contributed by atoms with Crippen LogP contribution in [0.1, 0.15) is 33.6 Å². The van der Waals surface area contributed by atoms with Crippen LogP contribution in [0.3, 0.4) is 0 Å². The molecule has 2 aliphatic carbocycles. The predicted octanol–water partition coefficient (Wildman–Crippen LogP) is 5.49. The lowest BCUT2D eigenvalue weighted by atomic mass is 9.81. The van der Waals surface area contributed by atoms with Crippen LogP contribution in [0.5, 0.6) is 0 Å². The van der Waals surface area contributed by atoms with Crippen molar-refractivity contribution in [2.75, 3.05) is 5.88 Å². The summed E-state index contributed by atoms with van der Waals surface area (Å²) in [6, 6.07) is 9.78. The molecule has 1 saturated heterocycles. The molecule has 0 radical (unpaired) electrons. The fraction of sp³-hybridized carbons (Fsp3) is 0.385. The second-order valence-electron chi connectivity index (χ2n) is 9.49. The number of hydrazine groups is 1. The Balaban J connectivity index is 1.61. The summed E-state index contributed by atoms with van der Waals surface area (Å²) in [4.78, 5) is 55.4. The van der Waals surface area contributed by atoms with Crippen LogP contribution < -0.4 is 0 Å². The number of carbonyl (C=O) groups is 4. The fourth-order valence-electron chi connectivity index (χ4n) is 5.95. The molecular weight excluding hydrogens is 654 g/mol. The summed E-state index contributed by atoms with van der Waals surface area (Å²) >= 11 is 19.7. The number of ketones is 1. The second-order valence-corrected chi connectivity index (χ2v) is 12.4. The van der Waals surface area contributed by atoms with E-state index in [0.717, 1.165) is 22.2 Å². The topological polar surface area (TPSA) is 74.8 Å². The van der Waals surface area contributed by atoms with Crippen molar-refractivity contribution in [1.82, 2.24) is 10.0 Å². The summed E-state index contributed by atoms with van der Waals surface area (Å²) < 4.78 is 13.6. The lowest BCUT2D eigenvalue weighted by molar-refractivity contribution is -0.157. The number of alkyl halides is 3. The Bertz CT molecular complexity index is 1250. The maximum absolute atomic E-state index is 14.0. The number of benzene rings is 2. The first-order valence-electron chi connectivity index (χ1n) is 11.8. The highest BCUT2D eigenvalue weighted by Crippen LogP contribution is 2.60. The highest BCUT2D eigenvalue weighted by molar-refractivity contribution is 9.12. The summed E-state index contributed by atoms with van der Waals surface area (Å²) in [6.07, 6.45) is 0.667. The van der Waals surface area contributed by atoms with E-state index in [9.17, 15) is 23.6 Å². The van der Waals surface area contributed by atoms with E-state index in [2.05, 4.69) is 31.9 Å². The van der Waals surface area contributed by atoms with Crippen molar-refractivity contribution in [2.45, 2.75) is 28.5 Å². The molecule has 2 aromatic carbocycles. The Kier molecular flexibility index (Phi) is 7.53. The van der Waals surface area contributed by atoms with Gasteiger partial charge in [0.25, 0.3) is 17.7 Å². The fourth-order valence-corrected chi connectivity index (χ4v) is 8.25. The molecule has 2 aromatic rings. The van der Waals surface area contributed by atoms with Crippen LogP contribution in [-0.2, 0) is 9.59 Å². The molecule has 1 heterocycles. The molecule has 0 N–H and O–H groups in total. The molecule has 3 amide bonds. The Morgan fingerprint density at radius 3 is 2.11 bits per heavy atom. The number of Topliss-reactive ketones (excluding diaryl/α,β-unsaturated/α-hetero) is 1. The number of imide groups is 1. The Labute approximate surface area is 239 Å². The highest BCUT2D eigenvalue weighted by atomic mass is 79.9. The van der Waals surface area contributed by atoms with E-state index >= 15 is 0 Å². The molecular formula is C26H21Br2Cl2FN2O4. The number of rotatable bonds is 7. The van der Waals surface area contributed by atoms with Gasteiger partial charge in [0.1, 0.15) is 11.9 Å². The Morgan fingerprint density at radius 2 is 1.57 bits per heavy atom. The summed E-state index contributed by atoms with van der Waals surface area (Å²) in [5, 5.41) is 1.89. The van der Waals surface area contributed by atoms with Crippen LogP contribution in [0.4, 0.5) is 4.39 Å². The molecule has 3 fully saturated rings. The minimum atomic E-state index is -1.30. The normalized spacial score (nSPS) is 28.9. The molecule has 6 nitrogen and oxygen atoms in total. The minimum Gasteiger partial charge on any atom is -0.292 e. The molecule has 0 spiro atoms. The standard InChI is InChI=1S/C26H21Br2Cl2FN2O4/c27-21-15-11-16(22(21)28)20-19(15)25(36)33(26(20)37)32(24(35)14-3-1-2-4-17(14)30)18(9-10-29)23(34)12-5-7-13(31)8-6-12/h1-8,15-16,18-22H,9-11H2/t15-,16-,18+,19-,20+,21+,22+/m1/s1. The second kappa shape index (κ2) is 10.4. The van der Waals surface area contributed by atoms with Crippen LogP contribution in [-0.4, -0.2) is 55.1 Å². The number of hydrogen-bond donors (Lipinski definition) is 0. The third kappa shape index (κ3) is 4.36. The Hall–Kier alpha value is -1.81. The van der Waals surface area contributed by atoms with E-state index in [4.69, 9.17) is 23.2 Å². The molecule has 2 saturated carbocycles. The number of carbonyl (C=O) groups excluding carboxylic acids is 4. The van der Waals surface area contributed by atoms with E-state index in [1.807, 2.05) is 0 Å². The SMILES string of the molecule is O=C(c1ccc(F)cc1)[C@H](CCCl)N(C(=O)c1ccccc1Cl)N1C(=O)[C@@H]2[C@H]3C[C@@H]([C@H](Br)[C@H]3Br)[C@@H]2C1=O. The van der Waals surface area contributed by atoms with Gasteiger partial charge in [-0.2, -0.15) is 5.01 Å². The van der Waals surface area contributed by atoms with Crippen molar-refractivity contribution in [3.63, 3.8) is 0 Å². The van der Waals surface area contributed by atoms with Crippen molar-refractivity contribution >= 4 is 78.6 Å². The monoisotopic (exact) mass is 672 g/mol. The summed E-state index contributed by atoms with van der Waals surface area (Å²) in [5.74, 6) is -4.31. The van der Waals surface area contributed by atoms with E-state index in [1.165, 1.54) is 24.3 Å². The number of nitrogens with zero attached hydrogens (tertiary/aromatic N) is 2. The zero-order valence-corrected chi connectivity index (χ0v) is 23.9. The van der Waals surface area contributed by atoms with Crippen LogP contribution in [0.15, 0.2) is 48.5 Å². The highest BCUT2D eigenvalue weighted by Gasteiger charge is 2.68. The molecule has 7 atom stereocenters. The van der Waals surface area contributed by atoms with Crippen molar-refractivity contribution in [3.05, 3.63) is 70.5 Å². The molecule has 1 aliphatic heterocycles. The first kappa shape index (κ1) is 26.8. The van der Waals surface area contributed by atoms with Gasteiger partial charge in [-0.05, 0) is 61.1 Å². The zero-order chi connectivity index (χ0) is 26.6. The Morgan fingerprint density at radius 1 is 1.00 bits per heavy atom. The maximum atomic E-state index is 14.0. The minimum absolute atomic E-state index is 0.00246. The zero-order valence-electron chi connectivity index (χ0n) is 19.2. The van der Waals surface area contributed by atoms with E-state index in [0.29, 0.717) is 6.42 Å². The smallest absolute Gasteiger partial charge is 0.275 e. The van der Waals surface area contributed by atoms with Crippen molar-refractivity contribution < 1.29 is 23.6 Å². The molecule has 2 bridgehead atoms. The third-order valence-electron chi connectivity index (χ3n) is 7.60. The van der Waals surface area contributed by atoms with E-state index < -0.39 is 47.2 Å². The van der Waals surface area contributed by atoms with Crippen LogP contribution in [0.25, 0.3) is 0 Å². The average Bonchev–Trinajstić information content (AvgIpc) is 3.49. The van der Waals surface area contributed by atoms with Crippen molar-refractivity contribution in [2.24, 2.45) is 23.7 Å². The first-order chi connectivity index (χ1) is 17.7. The number of hydrogen-bond acceptors (Lipinski definition) is 4. The summed E-state index contributed by atoms with van der Waals surface area (Å²) in [6.45, 7) is 0. The van der Waals surface area contributed by atoms with Gasteiger partial charge in [0.15, 0.2) is 5.78 Å². The molecule has 194 valence electrons. The average molecular weight is 675 g/mol. The third-order valence-corrected chi connectivity index (χ3v) is 11.4. The predicted molar refractivity (Wildman–Crippen MR) is 143 cm³/mol. The van der Waals surface area contributed by atoms with Crippen LogP contribution in [0.2, 0.25) is 5.02 Å².